The second-order valence-corrected chi connectivity index (χ2v) is 16.1. The van der Waals surface area contributed by atoms with E-state index in [2.05, 4.69) is 61.5 Å². The number of unbranched alkanes of at least 4 members (excludes halogenated alkanes) is 22. The number of ether oxygens (including phenoxy) is 3. The number of hydrogen-bond acceptors (Lipinski definition) is 6. The molecule has 0 aliphatic carbocycles. The number of allylic oxidation sites excluding steroid dienone is 6. The number of nitrogens with zero attached hydrogens (tertiary/aromatic N) is 1. The monoisotopic (exact) mass is 787 g/mol. The van der Waals surface area contributed by atoms with Crippen LogP contribution in [0.3, 0.4) is 0 Å². The van der Waals surface area contributed by atoms with E-state index in [1.54, 1.807) is 0 Å². The third-order valence-electron chi connectivity index (χ3n) is 10.5. The van der Waals surface area contributed by atoms with Crippen molar-refractivity contribution in [3.05, 3.63) is 49.0 Å². The highest BCUT2D eigenvalue weighted by Crippen LogP contribution is 2.15. The molecule has 1 N–H and O–H groups in total. The van der Waals surface area contributed by atoms with Crippen molar-refractivity contribution in [3.8, 4) is 0 Å². The summed E-state index contributed by atoms with van der Waals surface area (Å²) in [6, 6.07) is 0. The zero-order valence-corrected chi connectivity index (χ0v) is 37.7. The van der Waals surface area contributed by atoms with Crippen molar-refractivity contribution in [2.75, 3.05) is 53.0 Å². The highest BCUT2D eigenvalue weighted by Gasteiger charge is 2.10. The van der Waals surface area contributed by atoms with E-state index in [1.165, 1.54) is 154 Å². The first kappa shape index (κ1) is 53.9. The van der Waals surface area contributed by atoms with Crippen LogP contribution in [0.2, 0.25) is 0 Å². The van der Waals surface area contributed by atoms with Gasteiger partial charge in [0.2, 0.25) is 0 Å². The number of hydrogen-bond donors (Lipinski definition) is 1. The van der Waals surface area contributed by atoms with Crippen LogP contribution in [-0.2, 0) is 19.0 Å². The normalized spacial score (nSPS) is 11.6. The van der Waals surface area contributed by atoms with Crippen LogP contribution in [0.5, 0.6) is 0 Å². The van der Waals surface area contributed by atoms with Crippen LogP contribution in [0.1, 0.15) is 213 Å². The molecule has 6 heteroatoms. The number of likely N-dealkylation sites (N-methyl/N-ethyl adjacent to an activating group) is 1. The molecule has 0 aromatic rings. The third kappa shape index (κ3) is 43.1. The van der Waals surface area contributed by atoms with Crippen LogP contribution in [0.4, 0.5) is 0 Å². The van der Waals surface area contributed by atoms with Gasteiger partial charge in [0.05, 0.1) is 31.2 Å². The van der Waals surface area contributed by atoms with Gasteiger partial charge in [-0.3, -0.25) is 4.79 Å². The topological polar surface area (TPSA) is 60.0 Å². The molecule has 0 aromatic heterocycles. The van der Waals surface area contributed by atoms with Gasteiger partial charge in [-0.1, -0.05) is 154 Å². The minimum atomic E-state index is -0.139. The third-order valence-corrected chi connectivity index (χ3v) is 10.5. The van der Waals surface area contributed by atoms with Gasteiger partial charge in [-0.05, 0) is 84.1 Å². The van der Waals surface area contributed by atoms with E-state index < -0.39 is 0 Å². The predicted octanol–water partition coefficient (Wildman–Crippen LogP) is 14.4. The van der Waals surface area contributed by atoms with E-state index in [4.69, 9.17) is 14.2 Å². The maximum Gasteiger partial charge on any atom is 0.307 e. The molecule has 0 fully saturated rings. The highest BCUT2D eigenvalue weighted by atomic mass is 16.5. The fourth-order valence-corrected chi connectivity index (χ4v) is 6.86. The molecule has 0 aliphatic rings. The van der Waals surface area contributed by atoms with E-state index >= 15 is 0 Å². The molecule has 0 rings (SSSR count). The molecule has 0 unspecified atom stereocenters. The Balaban J connectivity index is 4.04. The summed E-state index contributed by atoms with van der Waals surface area (Å²) in [5.74, 6) is 1.67. The number of rotatable bonds is 46. The summed E-state index contributed by atoms with van der Waals surface area (Å²) in [4.78, 5) is 14.6. The van der Waals surface area contributed by atoms with Crippen LogP contribution in [0, 0.1) is 0 Å². The van der Waals surface area contributed by atoms with Gasteiger partial charge in [-0.2, -0.15) is 0 Å². The fraction of sp³-hybridized carbons (Fsp3) is 0.820. The average Bonchev–Trinajstić information content (AvgIpc) is 3.19. The first-order chi connectivity index (χ1) is 27.5. The molecule has 0 heterocycles. The van der Waals surface area contributed by atoms with Gasteiger partial charge in [0, 0.05) is 39.0 Å². The molecule has 328 valence electrons. The Hall–Kier alpha value is -2.05. The molecule has 0 spiro atoms. The molecule has 0 aromatic carbocycles. The summed E-state index contributed by atoms with van der Waals surface area (Å²) in [7, 11) is 1.86. The molecule has 56 heavy (non-hydrogen) atoms. The van der Waals surface area contributed by atoms with Crippen molar-refractivity contribution >= 4 is 5.97 Å². The van der Waals surface area contributed by atoms with E-state index in [-0.39, 0.29) is 5.97 Å². The van der Waals surface area contributed by atoms with Crippen LogP contribution in [0.25, 0.3) is 0 Å². The summed E-state index contributed by atoms with van der Waals surface area (Å²) in [5.41, 5.74) is 0. The zero-order chi connectivity index (χ0) is 40.8. The van der Waals surface area contributed by atoms with Crippen molar-refractivity contribution in [2.24, 2.45) is 0 Å². The first-order valence-corrected chi connectivity index (χ1v) is 24.0. The lowest BCUT2D eigenvalue weighted by Crippen LogP contribution is -2.30. The first-order valence-electron chi connectivity index (χ1n) is 24.0. The summed E-state index contributed by atoms with van der Waals surface area (Å²) in [6.07, 6.45) is 47.8. The molecule has 6 nitrogen and oxygen atoms in total. The van der Waals surface area contributed by atoms with Crippen molar-refractivity contribution in [1.82, 2.24) is 10.2 Å². The van der Waals surface area contributed by atoms with Crippen LogP contribution in [-0.4, -0.2) is 63.9 Å². The lowest BCUT2D eigenvalue weighted by molar-refractivity contribution is -0.143. The van der Waals surface area contributed by atoms with Crippen LogP contribution in [0.15, 0.2) is 49.0 Å². The Morgan fingerprint density at radius 1 is 0.464 bits per heavy atom. The Kier molecular flexibility index (Phi) is 44.0. The second-order valence-electron chi connectivity index (χ2n) is 16.1. The average molecular weight is 787 g/mol. The van der Waals surface area contributed by atoms with Crippen molar-refractivity contribution in [3.63, 3.8) is 0 Å². The molecule has 0 atom stereocenters. The summed E-state index contributed by atoms with van der Waals surface area (Å²) < 4.78 is 17.3. The number of nitrogens with one attached hydrogen (secondary N) is 1. The zero-order valence-electron chi connectivity index (χ0n) is 37.7. The second kappa shape index (κ2) is 45.6. The minimum Gasteiger partial charge on any atom is -0.499 e. The van der Waals surface area contributed by atoms with E-state index in [1.807, 2.05) is 7.05 Å². The molecule has 0 amide bonds. The Morgan fingerprint density at radius 3 is 1.23 bits per heavy atom. The maximum absolute atomic E-state index is 12.3. The van der Waals surface area contributed by atoms with Gasteiger partial charge >= 0.3 is 5.97 Å². The predicted molar refractivity (Wildman–Crippen MR) is 244 cm³/mol. The van der Waals surface area contributed by atoms with Gasteiger partial charge in [-0.15, -0.1) is 0 Å². The van der Waals surface area contributed by atoms with Gasteiger partial charge in [0.25, 0.3) is 0 Å². The van der Waals surface area contributed by atoms with Crippen LogP contribution < -0.4 is 5.32 Å². The smallest absolute Gasteiger partial charge is 0.307 e. The maximum atomic E-state index is 12.3. The molecule has 0 saturated carbocycles. The molecule has 0 saturated heterocycles. The van der Waals surface area contributed by atoms with Gasteiger partial charge < -0.3 is 24.4 Å². The van der Waals surface area contributed by atoms with E-state index in [0.29, 0.717) is 39.3 Å². The SMILES string of the molecule is C=C(CCCCCCC/C=C\CCCCCCCC)OCCCN(CCCOC(=C)CCCCCCC/C=C\CCCCCCCC)CCC(=O)OCCNC. The molecular weight excluding hydrogens is 693 g/mol. The standard InChI is InChI=1S/C50H94N2O4/c1-6-8-10-12-14-16-18-20-22-24-26-28-30-32-34-38-48(3)54-45-36-42-52(44-40-50(53)56-47-41-51-5)43-37-46-55-49(4)39-35-33-31-29-27-25-23-21-19-17-15-13-11-9-7-2/h20-23,51H,3-4,6-19,24-47H2,1-2,5H3/b22-20-,23-21-. The van der Waals surface area contributed by atoms with Crippen molar-refractivity contribution in [1.29, 1.82) is 0 Å². The van der Waals surface area contributed by atoms with Gasteiger partial charge in [0.1, 0.15) is 6.61 Å². The Labute approximate surface area is 349 Å². The lowest BCUT2D eigenvalue weighted by Gasteiger charge is -2.22. The Morgan fingerprint density at radius 2 is 0.839 bits per heavy atom. The van der Waals surface area contributed by atoms with Gasteiger partial charge in [-0.25, -0.2) is 0 Å². The summed E-state index contributed by atoms with van der Waals surface area (Å²) in [5, 5.41) is 3.02. The van der Waals surface area contributed by atoms with Crippen LogP contribution >= 0.6 is 0 Å². The Bertz CT molecular complexity index is 857. The lowest BCUT2D eigenvalue weighted by atomic mass is 10.1. The molecule has 0 aliphatic heterocycles. The van der Waals surface area contributed by atoms with Gasteiger partial charge in [0.15, 0.2) is 0 Å². The largest absolute Gasteiger partial charge is 0.499 e. The quantitative estimate of drug-likeness (QED) is 0.0287. The van der Waals surface area contributed by atoms with Crippen molar-refractivity contribution < 1.29 is 19.0 Å². The molecular formula is C50H94N2O4. The number of carbonyl (C=O) groups excluding carboxylic acids is 1. The van der Waals surface area contributed by atoms with E-state index in [9.17, 15) is 4.79 Å². The van der Waals surface area contributed by atoms with Crippen molar-refractivity contribution in [2.45, 2.75) is 213 Å². The van der Waals surface area contributed by atoms with E-state index in [0.717, 1.165) is 63.1 Å². The number of carbonyl (C=O) groups is 1. The molecule has 0 bridgehead atoms. The molecule has 0 radical (unpaired) electrons. The summed E-state index contributed by atoms with van der Waals surface area (Å²) in [6.45, 7) is 17.7. The highest BCUT2D eigenvalue weighted by molar-refractivity contribution is 5.69. The summed E-state index contributed by atoms with van der Waals surface area (Å²) >= 11 is 0. The number of esters is 1. The fourth-order valence-electron chi connectivity index (χ4n) is 6.86. The minimum absolute atomic E-state index is 0.139.